The number of hydrogen-bond donors (Lipinski definition) is 0. The maximum absolute atomic E-state index is 10.3. The Labute approximate surface area is 86.2 Å². The van der Waals surface area contributed by atoms with Gasteiger partial charge in [0.05, 0.1) is 0 Å². The Bertz CT molecular complexity index is 363. The van der Waals surface area contributed by atoms with Crippen LogP contribution in [0.1, 0.15) is 0 Å². The Morgan fingerprint density at radius 1 is 1.40 bits per heavy atom. The highest BCUT2D eigenvalue weighted by Crippen LogP contribution is 2.10. The summed E-state index contributed by atoms with van der Waals surface area (Å²) in [6.07, 6.45) is -0.404. The molecule has 1 atom stereocenters. The Balaban J connectivity index is 1.82. The normalized spacial score (nSPS) is 18.7. The molecule has 15 heavy (non-hydrogen) atoms. The fourth-order valence-electron chi connectivity index (χ4n) is 1.06. The van der Waals surface area contributed by atoms with Crippen molar-refractivity contribution >= 4 is 12.2 Å². The minimum Gasteiger partial charge on any atom is -0.484 e. The molecule has 1 aromatic carbocycles. The van der Waals surface area contributed by atoms with Crippen LogP contribution in [-0.2, 0) is 14.4 Å². The highest BCUT2D eigenvalue weighted by molar-refractivity contribution is 5.80. The van der Waals surface area contributed by atoms with Crippen LogP contribution in [0, 0.1) is 0 Å². The average molecular weight is 207 g/mol. The number of rotatable bonds is 4. The number of carbonyl (C=O) groups excluding carboxylic acids is 1. The highest BCUT2D eigenvalue weighted by atomic mass is 16.8. The van der Waals surface area contributed by atoms with Crippen LogP contribution in [0.3, 0.4) is 0 Å². The van der Waals surface area contributed by atoms with E-state index in [2.05, 4.69) is 9.99 Å². The van der Waals surface area contributed by atoms with Gasteiger partial charge in [-0.15, -0.1) is 0 Å². The van der Waals surface area contributed by atoms with Crippen LogP contribution in [0.4, 0.5) is 0 Å². The van der Waals surface area contributed by atoms with Crippen LogP contribution in [0.15, 0.2) is 35.5 Å². The number of carbonyl (C=O) groups is 1. The molecule has 5 nitrogen and oxygen atoms in total. The van der Waals surface area contributed by atoms with E-state index in [1.54, 1.807) is 0 Å². The standard InChI is InChI=1S/C10H9NO4/c12-6-10-14-9(11-15-10)7-13-8-4-2-1-3-5-8/h1-6,10H,7H2. The van der Waals surface area contributed by atoms with Crippen molar-refractivity contribution < 1.29 is 19.1 Å². The number of para-hydroxylation sites is 1. The predicted octanol–water partition coefficient (Wildman–Crippen LogP) is 0.951. The molecule has 1 aromatic rings. The van der Waals surface area contributed by atoms with E-state index in [1.165, 1.54) is 0 Å². The molecule has 78 valence electrons. The van der Waals surface area contributed by atoms with Gasteiger partial charge in [0, 0.05) is 0 Å². The average Bonchev–Trinajstić information content (AvgIpc) is 2.76. The number of nitrogens with zero attached hydrogens (tertiary/aromatic N) is 1. The highest BCUT2D eigenvalue weighted by Gasteiger charge is 2.20. The molecule has 1 unspecified atom stereocenters. The van der Waals surface area contributed by atoms with Gasteiger partial charge in [-0.05, 0) is 17.3 Å². The predicted molar refractivity (Wildman–Crippen MR) is 51.4 cm³/mol. The molecule has 0 spiro atoms. The molecule has 0 saturated carbocycles. The van der Waals surface area contributed by atoms with Crippen molar-refractivity contribution in [1.82, 2.24) is 0 Å². The molecule has 0 saturated heterocycles. The molecular weight excluding hydrogens is 198 g/mol. The minimum atomic E-state index is -0.931. The number of benzene rings is 1. The van der Waals surface area contributed by atoms with Crippen LogP contribution in [0.25, 0.3) is 0 Å². The zero-order chi connectivity index (χ0) is 10.5. The van der Waals surface area contributed by atoms with E-state index >= 15 is 0 Å². The molecular formula is C10H9NO4. The van der Waals surface area contributed by atoms with Crippen molar-refractivity contribution in [2.45, 2.75) is 6.29 Å². The van der Waals surface area contributed by atoms with E-state index in [-0.39, 0.29) is 12.5 Å². The number of ether oxygens (including phenoxy) is 2. The van der Waals surface area contributed by atoms with Gasteiger partial charge in [-0.3, -0.25) is 4.79 Å². The summed E-state index contributed by atoms with van der Waals surface area (Å²) in [6.45, 7) is 0.147. The quantitative estimate of drug-likeness (QED) is 0.690. The van der Waals surface area contributed by atoms with E-state index in [0.29, 0.717) is 12.0 Å². The van der Waals surface area contributed by atoms with E-state index in [4.69, 9.17) is 9.47 Å². The fourth-order valence-corrected chi connectivity index (χ4v) is 1.06. The van der Waals surface area contributed by atoms with Gasteiger partial charge in [0.25, 0.3) is 5.90 Å². The van der Waals surface area contributed by atoms with Gasteiger partial charge in [0.1, 0.15) is 5.75 Å². The molecule has 2 rings (SSSR count). The van der Waals surface area contributed by atoms with Crippen LogP contribution in [0.5, 0.6) is 5.75 Å². The van der Waals surface area contributed by atoms with Gasteiger partial charge in [0.2, 0.25) is 6.29 Å². The zero-order valence-electron chi connectivity index (χ0n) is 7.83. The van der Waals surface area contributed by atoms with Crippen molar-refractivity contribution in [2.24, 2.45) is 5.16 Å². The van der Waals surface area contributed by atoms with Crippen molar-refractivity contribution in [3.8, 4) is 5.75 Å². The van der Waals surface area contributed by atoms with E-state index in [9.17, 15) is 4.79 Å². The summed E-state index contributed by atoms with van der Waals surface area (Å²) >= 11 is 0. The molecule has 0 amide bonds. The third-order valence-electron chi connectivity index (χ3n) is 1.73. The van der Waals surface area contributed by atoms with E-state index in [0.717, 1.165) is 0 Å². The Kier molecular flexibility index (Phi) is 2.82. The maximum atomic E-state index is 10.3. The lowest BCUT2D eigenvalue weighted by molar-refractivity contribution is -0.131. The van der Waals surface area contributed by atoms with Crippen LogP contribution in [-0.4, -0.2) is 25.1 Å². The molecule has 1 aliphatic rings. The molecule has 0 N–H and O–H groups in total. The second-order valence-electron chi connectivity index (χ2n) is 2.81. The summed E-state index contributed by atoms with van der Waals surface area (Å²) in [7, 11) is 0. The third-order valence-corrected chi connectivity index (χ3v) is 1.73. The van der Waals surface area contributed by atoms with E-state index in [1.807, 2.05) is 30.3 Å². The maximum Gasteiger partial charge on any atom is 0.323 e. The van der Waals surface area contributed by atoms with Crippen molar-refractivity contribution in [3.63, 3.8) is 0 Å². The SMILES string of the molecule is O=CC1ON=C(COc2ccccc2)O1. The molecule has 0 aromatic heterocycles. The van der Waals surface area contributed by atoms with Crippen molar-refractivity contribution in [3.05, 3.63) is 30.3 Å². The van der Waals surface area contributed by atoms with Gasteiger partial charge < -0.3 is 14.3 Å². The van der Waals surface area contributed by atoms with Crippen LogP contribution >= 0.6 is 0 Å². The van der Waals surface area contributed by atoms with Crippen molar-refractivity contribution in [2.75, 3.05) is 6.61 Å². The summed E-state index contributed by atoms with van der Waals surface area (Å²) < 4.78 is 10.3. The summed E-state index contributed by atoms with van der Waals surface area (Å²) in [4.78, 5) is 14.9. The minimum absolute atomic E-state index is 0.147. The molecule has 0 fully saturated rings. The fraction of sp³-hybridized carbons (Fsp3) is 0.200. The number of hydrogen-bond acceptors (Lipinski definition) is 5. The van der Waals surface area contributed by atoms with Gasteiger partial charge in [-0.1, -0.05) is 18.2 Å². The summed E-state index contributed by atoms with van der Waals surface area (Å²) in [5.41, 5.74) is 0. The summed E-state index contributed by atoms with van der Waals surface area (Å²) in [6, 6.07) is 9.23. The molecule has 0 radical (unpaired) electrons. The second-order valence-corrected chi connectivity index (χ2v) is 2.81. The van der Waals surface area contributed by atoms with Gasteiger partial charge in [-0.2, -0.15) is 0 Å². The molecule has 0 bridgehead atoms. The Morgan fingerprint density at radius 3 is 2.87 bits per heavy atom. The molecule has 1 heterocycles. The van der Waals surface area contributed by atoms with Crippen molar-refractivity contribution in [1.29, 1.82) is 0 Å². The largest absolute Gasteiger partial charge is 0.484 e. The number of oxime groups is 1. The number of aldehydes is 1. The molecule has 0 aliphatic carbocycles. The first kappa shape index (κ1) is 9.51. The van der Waals surface area contributed by atoms with E-state index < -0.39 is 6.29 Å². The summed E-state index contributed by atoms with van der Waals surface area (Å²) in [5, 5.41) is 3.54. The topological polar surface area (TPSA) is 57.1 Å². The monoisotopic (exact) mass is 207 g/mol. The lowest BCUT2D eigenvalue weighted by Crippen LogP contribution is -2.17. The third kappa shape index (κ3) is 2.46. The first-order valence-electron chi connectivity index (χ1n) is 4.41. The lowest BCUT2D eigenvalue weighted by Gasteiger charge is -2.04. The molecule has 1 aliphatic heterocycles. The van der Waals surface area contributed by atoms with Crippen LogP contribution < -0.4 is 4.74 Å². The second kappa shape index (κ2) is 4.45. The van der Waals surface area contributed by atoms with Gasteiger partial charge >= 0.3 is 6.29 Å². The summed E-state index contributed by atoms with van der Waals surface area (Å²) in [5.74, 6) is 0.967. The first-order chi connectivity index (χ1) is 7.38. The Hall–Kier alpha value is -2.04. The molecule has 5 heteroatoms. The van der Waals surface area contributed by atoms with Crippen LogP contribution in [0.2, 0.25) is 0 Å². The first-order valence-corrected chi connectivity index (χ1v) is 4.41. The smallest absolute Gasteiger partial charge is 0.323 e. The van der Waals surface area contributed by atoms with Gasteiger partial charge in [0.15, 0.2) is 6.61 Å². The Morgan fingerprint density at radius 2 is 2.20 bits per heavy atom. The lowest BCUT2D eigenvalue weighted by atomic mass is 10.3. The zero-order valence-corrected chi connectivity index (χ0v) is 7.83. The van der Waals surface area contributed by atoms with Gasteiger partial charge in [-0.25, -0.2) is 0 Å².